The van der Waals surface area contributed by atoms with Gasteiger partial charge in [0.25, 0.3) is 0 Å². The molecule has 2 rings (SSSR count). The summed E-state index contributed by atoms with van der Waals surface area (Å²) in [4.78, 5) is 8.41. The predicted molar refractivity (Wildman–Crippen MR) is 57.4 cm³/mol. The van der Waals surface area contributed by atoms with Crippen molar-refractivity contribution in [2.75, 3.05) is 24.2 Å². The summed E-state index contributed by atoms with van der Waals surface area (Å²) in [5.41, 5.74) is 0. The van der Waals surface area contributed by atoms with Crippen LogP contribution in [0.15, 0.2) is 12.4 Å². The summed E-state index contributed by atoms with van der Waals surface area (Å²) in [5, 5.41) is 6.24. The van der Waals surface area contributed by atoms with Crippen LogP contribution in [0.25, 0.3) is 0 Å². The van der Waals surface area contributed by atoms with Crippen LogP contribution in [-0.2, 0) is 0 Å². The Labute approximate surface area is 84.2 Å². The molecule has 0 unspecified atom stereocenters. The third kappa shape index (κ3) is 2.58. The third-order valence-corrected chi connectivity index (χ3v) is 2.45. The van der Waals surface area contributed by atoms with Crippen molar-refractivity contribution in [2.24, 2.45) is 5.92 Å². The Hall–Kier alpha value is -1.32. The van der Waals surface area contributed by atoms with Crippen molar-refractivity contribution < 1.29 is 0 Å². The van der Waals surface area contributed by atoms with Gasteiger partial charge in [-0.15, -0.1) is 0 Å². The molecule has 0 spiro atoms. The average molecular weight is 192 g/mol. The van der Waals surface area contributed by atoms with E-state index in [2.05, 4.69) is 20.6 Å². The Morgan fingerprint density at radius 1 is 1.36 bits per heavy atom. The summed E-state index contributed by atoms with van der Waals surface area (Å²) in [6, 6.07) is 0. The normalized spacial score (nSPS) is 15.2. The Morgan fingerprint density at radius 2 is 2.14 bits per heavy atom. The smallest absolute Gasteiger partial charge is 0.146 e. The van der Waals surface area contributed by atoms with E-state index in [0.29, 0.717) is 0 Å². The fourth-order valence-electron chi connectivity index (χ4n) is 1.38. The highest BCUT2D eigenvalue weighted by atomic mass is 15.1. The topological polar surface area (TPSA) is 49.8 Å². The predicted octanol–water partition coefficient (Wildman–Crippen LogP) is 1.73. The van der Waals surface area contributed by atoms with Gasteiger partial charge in [0.05, 0.1) is 12.4 Å². The van der Waals surface area contributed by atoms with Crippen molar-refractivity contribution in [1.82, 2.24) is 9.97 Å². The molecule has 76 valence electrons. The number of anilines is 2. The van der Waals surface area contributed by atoms with Gasteiger partial charge in [-0.05, 0) is 12.3 Å². The SMILES string of the molecule is CNc1cncc(NCCC2CC2)n1. The molecule has 0 amide bonds. The first-order valence-corrected chi connectivity index (χ1v) is 5.12. The summed E-state index contributed by atoms with van der Waals surface area (Å²) in [6.07, 6.45) is 7.54. The van der Waals surface area contributed by atoms with Crippen molar-refractivity contribution in [3.05, 3.63) is 12.4 Å². The van der Waals surface area contributed by atoms with Crippen molar-refractivity contribution in [1.29, 1.82) is 0 Å². The molecule has 1 saturated carbocycles. The molecule has 1 heterocycles. The van der Waals surface area contributed by atoms with Gasteiger partial charge in [0, 0.05) is 13.6 Å². The van der Waals surface area contributed by atoms with E-state index >= 15 is 0 Å². The van der Waals surface area contributed by atoms with Crippen molar-refractivity contribution in [3.8, 4) is 0 Å². The van der Waals surface area contributed by atoms with Crippen molar-refractivity contribution in [2.45, 2.75) is 19.3 Å². The quantitative estimate of drug-likeness (QED) is 0.746. The van der Waals surface area contributed by atoms with Crippen LogP contribution in [0.1, 0.15) is 19.3 Å². The van der Waals surface area contributed by atoms with Gasteiger partial charge in [-0.25, -0.2) is 4.98 Å². The van der Waals surface area contributed by atoms with Crippen LogP contribution < -0.4 is 10.6 Å². The van der Waals surface area contributed by atoms with Gasteiger partial charge in [0.2, 0.25) is 0 Å². The molecule has 2 N–H and O–H groups in total. The fraction of sp³-hybridized carbons (Fsp3) is 0.600. The number of nitrogens with zero attached hydrogens (tertiary/aromatic N) is 2. The second-order valence-electron chi connectivity index (χ2n) is 3.70. The lowest BCUT2D eigenvalue weighted by atomic mass is 10.3. The molecule has 4 nitrogen and oxygen atoms in total. The van der Waals surface area contributed by atoms with Crippen LogP contribution >= 0.6 is 0 Å². The van der Waals surface area contributed by atoms with Crippen molar-refractivity contribution >= 4 is 11.6 Å². The molecule has 0 aromatic carbocycles. The van der Waals surface area contributed by atoms with E-state index in [1.807, 2.05) is 7.05 Å². The lowest BCUT2D eigenvalue weighted by molar-refractivity contribution is 0.758. The van der Waals surface area contributed by atoms with E-state index in [4.69, 9.17) is 0 Å². The van der Waals surface area contributed by atoms with Gasteiger partial charge in [-0.3, -0.25) is 4.98 Å². The highest BCUT2D eigenvalue weighted by Crippen LogP contribution is 2.31. The molecule has 1 aliphatic carbocycles. The van der Waals surface area contributed by atoms with Crippen LogP contribution in [0, 0.1) is 5.92 Å². The number of aromatic nitrogens is 2. The third-order valence-electron chi connectivity index (χ3n) is 2.45. The molecular weight excluding hydrogens is 176 g/mol. The van der Waals surface area contributed by atoms with E-state index in [1.54, 1.807) is 12.4 Å². The zero-order valence-electron chi connectivity index (χ0n) is 8.45. The van der Waals surface area contributed by atoms with Gasteiger partial charge < -0.3 is 10.6 Å². The standard InChI is InChI=1S/C10H16N4/c1-11-9-6-12-7-10(14-9)13-5-4-8-2-3-8/h6-8H,2-5H2,1H3,(H2,11,13,14). The summed E-state index contributed by atoms with van der Waals surface area (Å²) < 4.78 is 0. The lowest BCUT2D eigenvalue weighted by Crippen LogP contribution is -2.05. The number of hydrogen-bond donors (Lipinski definition) is 2. The summed E-state index contributed by atoms with van der Waals surface area (Å²) in [7, 11) is 1.85. The van der Waals surface area contributed by atoms with Gasteiger partial charge in [-0.2, -0.15) is 0 Å². The summed E-state index contributed by atoms with van der Waals surface area (Å²) in [5.74, 6) is 2.63. The molecule has 1 aromatic rings. The maximum absolute atomic E-state index is 4.32. The zero-order valence-corrected chi connectivity index (χ0v) is 8.45. The Morgan fingerprint density at radius 3 is 2.86 bits per heavy atom. The minimum atomic E-state index is 0.807. The Bertz CT molecular complexity index is 296. The molecule has 1 aromatic heterocycles. The highest BCUT2D eigenvalue weighted by Gasteiger charge is 2.20. The van der Waals surface area contributed by atoms with E-state index in [1.165, 1.54) is 19.3 Å². The van der Waals surface area contributed by atoms with Crippen LogP contribution in [0.5, 0.6) is 0 Å². The summed E-state index contributed by atoms with van der Waals surface area (Å²) >= 11 is 0. The van der Waals surface area contributed by atoms with Crippen molar-refractivity contribution in [3.63, 3.8) is 0 Å². The van der Waals surface area contributed by atoms with Gasteiger partial charge in [0.1, 0.15) is 11.6 Å². The average Bonchev–Trinajstić information content (AvgIpc) is 3.02. The Balaban J connectivity index is 1.81. The van der Waals surface area contributed by atoms with E-state index in [0.717, 1.165) is 24.1 Å². The molecule has 0 bridgehead atoms. The molecular formula is C10H16N4. The molecule has 4 heteroatoms. The van der Waals surface area contributed by atoms with Gasteiger partial charge in [0.15, 0.2) is 0 Å². The minimum Gasteiger partial charge on any atom is -0.372 e. The number of hydrogen-bond acceptors (Lipinski definition) is 4. The molecule has 1 fully saturated rings. The first-order valence-electron chi connectivity index (χ1n) is 5.12. The highest BCUT2D eigenvalue weighted by molar-refractivity contribution is 5.40. The molecule has 1 aliphatic rings. The van der Waals surface area contributed by atoms with Crippen LogP contribution in [0.3, 0.4) is 0 Å². The number of nitrogens with one attached hydrogen (secondary N) is 2. The second-order valence-corrected chi connectivity index (χ2v) is 3.70. The second kappa shape index (κ2) is 4.26. The molecule has 0 aliphatic heterocycles. The minimum absolute atomic E-state index is 0.807. The van der Waals surface area contributed by atoms with Gasteiger partial charge in [-0.1, -0.05) is 12.8 Å². The number of rotatable bonds is 5. The molecule has 14 heavy (non-hydrogen) atoms. The lowest BCUT2D eigenvalue weighted by Gasteiger charge is -2.05. The van der Waals surface area contributed by atoms with Crippen LogP contribution in [-0.4, -0.2) is 23.6 Å². The molecule has 0 radical (unpaired) electrons. The fourth-order valence-corrected chi connectivity index (χ4v) is 1.38. The van der Waals surface area contributed by atoms with E-state index in [9.17, 15) is 0 Å². The molecule has 0 saturated heterocycles. The van der Waals surface area contributed by atoms with Crippen LogP contribution in [0.4, 0.5) is 11.6 Å². The zero-order chi connectivity index (χ0) is 9.80. The van der Waals surface area contributed by atoms with E-state index < -0.39 is 0 Å². The monoisotopic (exact) mass is 192 g/mol. The maximum atomic E-state index is 4.32. The summed E-state index contributed by atoms with van der Waals surface area (Å²) in [6.45, 7) is 1.01. The van der Waals surface area contributed by atoms with Gasteiger partial charge >= 0.3 is 0 Å². The van der Waals surface area contributed by atoms with Crippen LogP contribution in [0.2, 0.25) is 0 Å². The first-order chi connectivity index (χ1) is 6.88. The molecule has 0 atom stereocenters. The first kappa shape index (κ1) is 9.24. The largest absolute Gasteiger partial charge is 0.372 e. The van der Waals surface area contributed by atoms with E-state index in [-0.39, 0.29) is 0 Å². The maximum Gasteiger partial charge on any atom is 0.146 e. The Kier molecular flexibility index (Phi) is 2.81.